The van der Waals surface area contributed by atoms with Gasteiger partial charge in [-0.2, -0.15) is 0 Å². The molecule has 0 aromatic carbocycles. The van der Waals surface area contributed by atoms with Crippen LogP contribution in [-0.4, -0.2) is 9.38 Å². The standard InChI is InChI=1S/C9H10N2/c1-2-8-4-7-11-6-3-5-10-9(8)11/h3-7H,2H2,1H3. The van der Waals surface area contributed by atoms with E-state index in [1.54, 1.807) is 0 Å². The highest BCUT2D eigenvalue weighted by Gasteiger charge is 1.98. The first kappa shape index (κ1) is 6.40. The van der Waals surface area contributed by atoms with Gasteiger partial charge in [-0.25, -0.2) is 4.98 Å². The lowest BCUT2D eigenvalue weighted by Gasteiger charge is -1.93. The van der Waals surface area contributed by atoms with Crippen LogP contribution in [0.1, 0.15) is 12.5 Å². The zero-order valence-corrected chi connectivity index (χ0v) is 6.49. The molecular formula is C9H10N2. The summed E-state index contributed by atoms with van der Waals surface area (Å²) in [6.45, 7) is 2.14. The van der Waals surface area contributed by atoms with Crippen molar-refractivity contribution in [3.8, 4) is 0 Å². The molecular weight excluding hydrogens is 136 g/mol. The quantitative estimate of drug-likeness (QED) is 0.600. The van der Waals surface area contributed by atoms with Crippen LogP contribution in [0.15, 0.2) is 30.7 Å². The third kappa shape index (κ3) is 0.909. The van der Waals surface area contributed by atoms with E-state index in [0.29, 0.717) is 0 Å². The molecule has 56 valence electrons. The van der Waals surface area contributed by atoms with Crippen LogP contribution in [0.4, 0.5) is 0 Å². The monoisotopic (exact) mass is 146 g/mol. The molecule has 0 N–H and O–H groups in total. The third-order valence-corrected chi connectivity index (χ3v) is 1.88. The van der Waals surface area contributed by atoms with Gasteiger partial charge in [0, 0.05) is 18.6 Å². The molecule has 0 radical (unpaired) electrons. The lowest BCUT2D eigenvalue weighted by molar-refractivity contribution is 1.10. The van der Waals surface area contributed by atoms with E-state index >= 15 is 0 Å². The minimum atomic E-state index is 1.05. The Labute approximate surface area is 65.5 Å². The van der Waals surface area contributed by atoms with Crippen molar-refractivity contribution < 1.29 is 0 Å². The van der Waals surface area contributed by atoms with Crippen molar-refractivity contribution in [2.75, 3.05) is 0 Å². The summed E-state index contributed by atoms with van der Waals surface area (Å²) < 4.78 is 2.04. The van der Waals surface area contributed by atoms with Gasteiger partial charge < -0.3 is 4.40 Å². The molecule has 0 saturated heterocycles. The van der Waals surface area contributed by atoms with Gasteiger partial charge in [0.1, 0.15) is 5.65 Å². The summed E-state index contributed by atoms with van der Waals surface area (Å²) in [5.41, 5.74) is 2.39. The molecule has 2 aromatic rings. The molecule has 11 heavy (non-hydrogen) atoms. The summed E-state index contributed by atoms with van der Waals surface area (Å²) in [7, 11) is 0. The second kappa shape index (κ2) is 2.38. The van der Waals surface area contributed by atoms with E-state index < -0.39 is 0 Å². The highest BCUT2D eigenvalue weighted by atomic mass is 15.0. The fraction of sp³-hybridized carbons (Fsp3) is 0.222. The lowest BCUT2D eigenvalue weighted by Crippen LogP contribution is -1.85. The molecule has 2 heterocycles. The van der Waals surface area contributed by atoms with E-state index in [2.05, 4.69) is 18.0 Å². The number of aryl methyl sites for hydroxylation is 1. The van der Waals surface area contributed by atoms with Gasteiger partial charge in [-0.1, -0.05) is 6.92 Å². The molecule has 0 amide bonds. The topological polar surface area (TPSA) is 17.3 Å². The van der Waals surface area contributed by atoms with Crippen molar-refractivity contribution in [2.24, 2.45) is 0 Å². The second-order valence-electron chi connectivity index (χ2n) is 2.55. The zero-order chi connectivity index (χ0) is 7.68. The first-order valence-electron chi connectivity index (χ1n) is 3.82. The largest absolute Gasteiger partial charge is 0.308 e. The van der Waals surface area contributed by atoms with Crippen LogP contribution in [0.25, 0.3) is 5.65 Å². The maximum atomic E-state index is 4.27. The van der Waals surface area contributed by atoms with Gasteiger partial charge in [0.15, 0.2) is 0 Å². The third-order valence-electron chi connectivity index (χ3n) is 1.88. The first-order chi connectivity index (χ1) is 5.42. The predicted molar refractivity (Wildman–Crippen MR) is 44.6 cm³/mol. The van der Waals surface area contributed by atoms with Crippen LogP contribution in [0, 0.1) is 0 Å². The van der Waals surface area contributed by atoms with Crippen LogP contribution < -0.4 is 0 Å². The van der Waals surface area contributed by atoms with Crippen LogP contribution in [0.5, 0.6) is 0 Å². The number of hydrogen-bond donors (Lipinski definition) is 0. The fourth-order valence-corrected chi connectivity index (χ4v) is 1.27. The molecule has 0 aliphatic rings. The van der Waals surface area contributed by atoms with E-state index in [4.69, 9.17) is 0 Å². The number of hydrogen-bond acceptors (Lipinski definition) is 1. The van der Waals surface area contributed by atoms with Gasteiger partial charge in [0.05, 0.1) is 0 Å². The smallest absolute Gasteiger partial charge is 0.139 e. The average molecular weight is 146 g/mol. The summed E-state index contributed by atoms with van der Waals surface area (Å²) in [4.78, 5) is 4.27. The summed E-state index contributed by atoms with van der Waals surface area (Å²) in [6, 6.07) is 4.05. The van der Waals surface area contributed by atoms with Crippen molar-refractivity contribution in [3.63, 3.8) is 0 Å². The SMILES string of the molecule is CCc1ccn2cccnc12. The van der Waals surface area contributed by atoms with Gasteiger partial charge in [-0.05, 0) is 24.1 Å². The summed E-state index contributed by atoms with van der Waals surface area (Å²) in [6.07, 6.45) is 6.94. The average Bonchev–Trinajstić information content (AvgIpc) is 2.47. The molecule has 0 saturated carbocycles. The number of fused-ring (bicyclic) bond motifs is 1. The Kier molecular flexibility index (Phi) is 1.39. The number of nitrogens with zero attached hydrogens (tertiary/aromatic N) is 2. The molecule has 2 aromatic heterocycles. The van der Waals surface area contributed by atoms with E-state index in [1.165, 1.54) is 5.56 Å². The van der Waals surface area contributed by atoms with E-state index in [-0.39, 0.29) is 0 Å². The van der Waals surface area contributed by atoms with E-state index in [0.717, 1.165) is 12.1 Å². The van der Waals surface area contributed by atoms with Crippen molar-refractivity contribution in [2.45, 2.75) is 13.3 Å². The lowest BCUT2D eigenvalue weighted by atomic mass is 10.2. The highest BCUT2D eigenvalue weighted by molar-refractivity contribution is 5.48. The highest BCUT2D eigenvalue weighted by Crippen LogP contribution is 2.08. The van der Waals surface area contributed by atoms with Crippen LogP contribution >= 0.6 is 0 Å². The normalized spacial score (nSPS) is 10.6. The molecule has 0 aliphatic heterocycles. The molecule has 0 atom stereocenters. The summed E-state index contributed by atoms with van der Waals surface area (Å²) in [5, 5.41) is 0. The first-order valence-corrected chi connectivity index (χ1v) is 3.82. The van der Waals surface area contributed by atoms with E-state index in [1.807, 2.05) is 29.1 Å². The fourth-order valence-electron chi connectivity index (χ4n) is 1.27. The Hall–Kier alpha value is -1.31. The van der Waals surface area contributed by atoms with Crippen molar-refractivity contribution >= 4 is 5.65 Å². The Morgan fingerprint density at radius 2 is 2.36 bits per heavy atom. The Balaban J connectivity index is 2.76. The van der Waals surface area contributed by atoms with Crippen LogP contribution in [0.3, 0.4) is 0 Å². The number of aromatic nitrogens is 2. The van der Waals surface area contributed by atoms with Gasteiger partial charge in [-0.15, -0.1) is 0 Å². The van der Waals surface area contributed by atoms with Crippen molar-refractivity contribution in [3.05, 3.63) is 36.3 Å². The van der Waals surface area contributed by atoms with Gasteiger partial charge >= 0.3 is 0 Å². The van der Waals surface area contributed by atoms with Crippen LogP contribution in [-0.2, 0) is 6.42 Å². The second-order valence-corrected chi connectivity index (χ2v) is 2.55. The molecule has 0 unspecified atom stereocenters. The predicted octanol–water partition coefficient (Wildman–Crippen LogP) is 1.90. The Morgan fingerprint density at radius 1 is 1.45 bits per heavy atom. The summed E-state index contributed by atoms with van der Waals surface area (Å²) in [5.74, 6) is 0. The molecule has 0 bridgehead atoms. The minimum Gasteiger partial charge on any atom is -0.308 e. The van der Waals surface area contributed by atoms with Gasteiger partial charge in [-0.3, -0.25) is 0 Å². The van der Waals surface area contributed by atoms with Gasteiger partial charge in [0.25, 0.3) is 0 Å². The van der Waals surface area contributed by atoms with Gasteiger partial charge in [0.2, 0.25) is 0 Å². The van der Waals surface area contributed by atoms with Crippen molar-refractivity contribution in [1.82, 2.24) is 9.38 Å². The zero-order valence-electron chi connectivity index (χ0n) is 6.49. The Morgan fingerprint density at radius 3 is 3.18 bits per heavy atom. The Bertz CT molecular complexity index is 362. The molecule has 0 fully saturated rings. The molecule has 2 heteroatoms. The molecule has 2 rings (SSSR count). The maximum absolute atomic E-state index is 4.27. The van der Waals surface area contributed by atoms with E-state index in [9.17, 15) is 0 Å². The maximum Gasteiger partial charge on any atom is 0.139 e. The molecule has 0 aliphatic carbocycles. The molecule has 0 spiro atoms. The van der Waals surface area contributed by atoms with Crippen molar-refractivity contribution in [1.29, 1.82) is 0 Å². The number of rotatable bonds is 1. The van der Waals surface area contributed by atoms with Crippen LogP contribution in [0.2, 0.25) is 0 Å². The summed E-state index contributed by atoms with van der Waals surface area (Å²) >= 11 is 0. The molecule has 2 nitrogen and oxygen atoms in total. The minimum absolute atomic E-state index is 1.05.